The number of esters is 1. The largest absolute Gasteiger partial charge is 0.452 e. The number of amides is 2. The Kier molecular flexibility index (Phi) is 6.64. The summed E-state index contributed by atoms with van der Waals surface area (Å²) in [5, 5.41) is 5.08. The van der Waals surface area contributed by atoms with Gasteiger partial charge in [-0.3, -0.25) is 14.6 Å². The molecule has 1 heterocycles. The summed E-state index contributed by atoms with van der Waals surface area (Å²) in [5.74, 6) is -1.60. The lowest BCUT2D eigenvalue weighted by atomic mass is 10.2. The van der Waals surface area contributed by atoms with E-state index in [0.717, 1.165) is 10.0 Å². The Bertz CT molecular complexity index is 781. The lowest BCUT2D eigenvalue weighted by molar-refractivity contribution is -0.126. The van der Waals surface area contributed by atoms with Gasteiger partial charge in [-0.1, -0.05) is 15.9 Å². The standard InChI is InChI=1S/C17H16BrN3O4/c1-11-7-13(18)4-5-14(11)21-15(22)9-20-16(23)10-25-17(24)12-3-2-6-19-8-12/h2-8H,9-10H2,1H3,(H,20,23)(H,21,22). The molecule has 1 aromatic carbocycles. The first-order valence-corrected chi connectivity index (χ1v) is 8.15. The van der Waals surface area contributed by atoms with Crippen LogP contribution in [-0.2, 0) is 14.3 Å². The normalized spacial score (nSPS) is 10.0. The third-order valence-electron chi connectivity index (χ3n) is 3.14. The van der Waals surface area contributed by atoms with Gasteiger partial charge in [0.2, 0.25) is 5.91 Å². The maximum atomic E-state index is 11.9. The van der Waals surface area contributed by atoms with Gasteiger partial charge < -0.3 is 15.4 Å². The maximum Gasteiger partial charge on any atom is 0.340 e. The molecule has 0 unspecified atom stereocenters. The number of nitrogens with one attached hydrogen (secondary N) is 2. The second-order valence-electron chi connectivity index (χ2n) is 5.10. The van der Waals surface area contributed by atoms with E-state index in [1.807, 2.05) is 13.0 Å². The lowest BCUT2D eigenvalue weighted by Crippen LogP contribution is -2.35. The summed E-state index contributed by atoms with van der Waals surface area (Å²) in [5.41, 5.74) is 1.80. The first kappa shape index (κ1) is 18.6. The zero-order valence-electron chi connectivity index (χ0n) is 13.4. The van der Waals surface area contributed by atoms with E-state index >= 15 is 0 Å². The van der Waals surface area contributed by atoms with Crippen LogP contribution in [0.25, 0.3) is 0 Å². The Labute approximate surface area is 152 Å². The van der Waals surface area contributed by atoms with Crippen LogP contribution in [0.1, 0.15) is 15.9 Å². The molecule has 0 radical (unpaired) electrons. The van der Waals surface area contributed by atoms with Crippen molar-refractivity contribution in [1.29, 1.82) is 0 Å². The highest BCUT2D eigenvalue weighted by molar-refractivity contribution is 9.10. The van der Waals surface area contributed by atoms with E-state index in [4.69, 9.17) is 4.74 Å². The second kappa shape index (κ2) is 8.93. The van der Waals surface area contributed by atoms with Gasteiger partial charge in [0.15, 0.2) is 6.61 Å². The molecule has 2 aromatic rings. The summed E-state index contributed by atoms with van der Waals surface area (Å²) in [6.07, 6.45) is 2.86. The molecule has 0 aliphatic carbocycles. The molecular formula is C17H16BrN3O4. The quantitative estimate of drug-likeness (QED) is 0.716. The van der Waals surface area contributed by atoms with Crippen molar-refractivity contribution >= 4 is 39.4 Å². The number of anilines is 1. The molecule has 0 spiro atoms. The lowest BCUT2D eigenvalue weighted by Gasteiger charge is -2.10. The summed E-state index contributed by atoms with van der Waals surface area (Å²) in [7, 11) is 0. The van der Waals surface area contributed by atoms with Crippen LogP contribution in [0.15, 0.2) is 47.2 Å². The minimum absolute atomic E-state index is 0.223. The molecule has 7 nitrogen and oxygen atoms in total. The number of ether oxygens (including phenoxy) is 1. The molecule has 2 rings (SSSR count). The molecule has 130 valence electrons. The van der Waals surface area contributed by atoms with Crippen molar-refractivity contribution < 1.29 is 19.1 Å². The van der Waals surface area contributed by atoms with Crippen LogP contribution >= 0.6 is 15.9 Å². The number of carbonyl (C=O) groups is 3. The predicted octanol–water partition coefficient (Wildman–Crippen LogP) is 2.06. The zero-order valence-corrected chi connectivity index (χ0v) is 15.0. The van der Waals surface area contributed by atoms with E-state index in [0.29, 0.717) is 5.69 Å². The van der Waals surface area contributed by atoms with Gasteiger partial charge in [-0.25, -0.2) is 4.79 Å². The molecule has 1 aromatic heterocycles. The highest BCUT2D eigenvalue weighted by Gasteiger charge is 2.11. The van der Waals surface area contributed by atoms with Gasteiger partial charge in [0.1, 0.15) is 0 Å². The summed E-state index contributed by atoms with van der Waals surface area (Å²) < 4.78 is 5.75. The molecule has 2 N–H and O–H groups in total. The van der Waals surface area contributed by atoms with Crippen molar-refractivity contribution in [2.24, 2.45) is 0 Å². The Balaban J connectivity index is 1.74. The SMILES string of the molecule is Cc1cc(Br)ccc1NC(=O)CNC(=O)COC(=O)c1cccnc1. The molecule has 8 heteroatoms. The number of halogens is 1. The van der Waals surface area contributed by atoms with Gasteiger partial charge >= 0.3 is 5.97 Å². The van der Waals surface area contributed by atoms with E-state index in [2.05, 4.69) is 31.5 Å². The summed E-state index contributed by atoms with van der Waals surface area (Å²) >= 11 is 3.34. The Hall–Kier alpha value is -2.74. The average molecular weight is 406 g/mol. The Morgan fingerprint density at radius 1 is 1.20 bits per heavy atom. The molecule has 0 aliphatic rings. The molecular weight excluding hydrogens is 390 g/mol. The molecule has 2 amide bonds. The van der Waals surface area contributed by atoms with Crippen LogP contribution in [0.2, 0.25) is 0 Å². The monoisotopic (exact) mass is 405 g/mol. The summed E-state index contributed by atoms with van der Waals surface area (Å²) in [6, 6.07) is 8.55. The molecule has 0 saturated carbocycles. The highest BCUT2D eigenvalue weighted by Crippen LogP contribution is 2.19. The highest BCUT2D eigenvalue weighted by atomic mass is 79.9. The van der Waals surface area contributed by atoms with E-state index in [9.17, 15) is 14.4 Å². The van der Waals surface area contributed by atoms with Crippen molar-refractivity contribution in [3.63, 3.8) is 0 Å². The third-order valence-corrected chi connectivity index (χ3v) is 3.63. The molecule has 25 heavy (non-hydrogen) atoms. The van der Waals surface area contributed by atoms with Gasteiger partial charge in [0.05, 0.1) is 12.1 Å². The number of benzene rings is 1. The summed E-state index contributed by atoms with van der Waals surface area (Å²) in [4.78, 5) is 39.0. The van der Waals surface area contributed by atoms with Crippen LogP contribution in [0, 0.1) is 6.92 Å². The van der Waals surface area contributed by atoms with E-state index in [1.165, 1.54) is 18.5 Å². The van der Waals surface area contributed by atoms with Gasteiger partial charge in [0.25, 0.3) is 5.91 Å². The number of hydrogen-bond donors (Lipinski definition) is 2. The smallest absolute Gasteiger partial charge is 0.340 e. The fraction of sp³-hybridized carbons (Fsp3) is 0.176. The second-order valence-corrected chi connectivity index (χ2v) is 6.02. The van der Waals surface area contributed by atoms with E-state index in [1.54, 1.807) is 18.2 Å². The first-order valence-electron chi connectivity index (χ1n) is 7.35. The Morgan fingerprint density at radius 3 is 2.68 bits per heavy atom. The van der Waals surface area contributed by atoms with Crippen molar-refractivity contribution in [3.8, 4) is 0 Å². The minimum Gasteiger partial charge on any atom is -0.452 e. The zero-order chi connectivity index (χ0) is 18.2. The maximum absolute atomic E-state index is 11.9. The number of carbonyl (C=O) groups excluding carboxylic acids is 3. The van der Waals surface area contributed by atoms with Crippen LogP contribution in [-0.4, -0.2) is 35.9 Å². The topological polar surface area (TPSA) is 97.4 Å². The van der Waals surface area contributed by atoms with Crippen molar-refractivity contribution in [2.45, 2.75) is 6.92 Å². The van der Waals surface area contributed by atoms with E-state index in [-0.39, 0.29) is 18.0 Å². The summed E-state index contributed by atoms with van der Waals surface area (Å²) in [6.45, 7) is 1.16. The predicted molar refractivity (Wildman–Crippen MR) is 95.0 cm³/mol. The Morgan fingerprint density at radius 2 is 2.00 bits per heavy atom. The first-order chi connectivity index (χ1) is 12.0. The van der Waals surface area contributed by atoms with Gasteiger partial charge in [0, 0.05) is 22.6 Å². The van der Waals surface area contributed by atoms with Crippen molar-refractivity contribution in [1.82, 2.24) is 10.3 Å². The molecule has 0 aliphatic heterocycles. The fourth-order valence-electron chi connectivity index (χ4n) is 1.89. The molecule has 0 atom stereocenters. The van der Waals surface area contributed by atoms with Crippen molar-refractivity contribution in [3.05, 3.63) is 58.3 Å². The fourth-order valence-corrected chi connectivity index (χ4v) is 2.37. The van der Waals surface area contributed by atoms with Gasteiger partial charge in [-0.15, -0.1) is 0 Å². The number of aromatic nitrogens is 1. The van der Waals surface area contributed by atoms with Crippen LogP contribution in [0.3, 0.4) is 0 Å². The number of rotatable bonds is 6. The molecule has 0 fully saturated rings. The van der Waals surface area contributed by atoms with E-state index < -0.39 is 18.5 Å². The van der Waals surface area contributed by atoms with Gasteiger partial charge in [-0.05, 0) is 42.8 Å². The van der Waals surface area contributed by atoms with Crippen LogP contribution in [0.4, 0.5) is 5.69 Å². The third kappa shape index (κ3) is 6.00. The van der Waals surface area contributed by atoms with Gasteiger partial charge in [-0.2, -0.15) is 0 Å². The molecule has 0 bridgehead atoms. The van der Waals surface area contributed by atoms with Crippen molar-refractivity contribution in [2.75, 3.05) is 18.5 Å². The van der Waals surface area contributed by atoms with Crippen LogP contribution < -0.4 is 10.6 Å². The number of hydrogen-bond acceptors (Lipinski definition) is 5. The number of aryl methyl sites for hydroxylation is 1. The average Bonchev–Trinajstić information content (AvgIpc) is 2.61. The number of pyridine rings is 1. The minimum atomic E-state index is -0.654. The van der Waals surface area contributed by atoms with Crippen LogP contribution in [0.5, 0.6) is 0 Å². The molecule has 0 saturated heterocycles. The number of nitrogens with zero attached hydrogens (tertiary/aromatic N) is 1.